The Labute approximate surface area is 192 Å². The molecule has 2 fully saturated rings. The van der Waals surface area contributed by atoms with E-state index < -0.39 is 11.4 Å². The Morgan fingerprint density at radius 3 is 2.45 bits per heavy atom. The van der Waals surface area contributed by atoms with Gasteiger partial charge in [-0.2, -0.15) is 4.98 Å². The number of carboxylic acids is 1. The van der Waals surface area contributed by atoms with E-state index >= 15 is 0 Å². The average Bonchev–Trinajstić information content (AvgIpc) is 3.12. The van der Waals surface area contributed by atoms with E-state index in [2.05, 4.69) is 20.7 Å². The summed E-state index contributed by atoms with van der Waals surface area (Å²) in [5, 5.41) is 20.5. The molecule has 5 rings (SSSR count). The average molecular weight is 449 g/mol. The summed E-state index contributed by atoms with van der Waals surface area (Å²) in [6.07, 6.45) is 2.32. The predicted octanol–water partition coefficient (Wildman–Crippen LogP) is 3.41. The lowest BCUT2D eigenvalue weighted by atomic mass is 9.64. The first kappa shape index (κ1) is 21.4. The largest absolute Gasteiger partial charge is 0.481 e. The molecule has 0 unspecified atom stereocenters. The number of aryl methyl sites for hydroxylation is 2. The van der Waals surface area contributed by atoms with Gasteiger partial charge in [-0.3, -0.25) is 4.79 Å². The van der Waals surface area contributed by atoms with Gasteiger partial charge in [-0.05, 0) is 44.4 Å². The quantitative estimate of drug-likeness (QED) is 0.521. The zero-order valence-electron chi connectivity index (χ0n) is 18.9. The van der Waals surface area contributed by atoms with Crippen molar-refractivity contribution in [1.82, 2.24) is 20.4 Å². The third kappa shape index (κ3) is 3.93. The highest BCUT2D eigenvalue weighted by atomic mass is 16.5. The van der Waals surface area contributed by atoms with Gasteiger partial charge in [0.25, 0.3) is 0 Å². The van der Waals surface area contributed by atoms with Gasteiger partial charge in [0, 0.05) is 37.9 Å². The lowest BCUT2D eigenvalue weighted by molar-refractivity contribution is -0.147. The highest BCUT2D eigenvalue weighted by molar-refractivity contribution is 5.83. The number of hydrogen-bond acceptors (Lipinski definition) is 8. The van der Waals surface area contributed by atoms with Crippen LogP contribution in [0.3, 0.4) is 0 Å². The van der Waals surface area contributed by atoms with Crippen LogP contribution in [0.5, 0.6) is 0 Å². The van der Waals surface area contributed by atoms with Crippen LogP contribution in [-0.2, 0) is 10.2 Å². The van der Waals surface area contributed by atoms with Crippen LogP contribution < -0.4 is 15.5 Å². The number of aliphatic carboxylic acids is 1. The minimum Gasteiger partial charge on any atom is -0.481 e. The van der Waals surface area contributed by atoms with E-state index in [-0.39, 0.29) is 0 Å². The Kier molecular flexibility index (Phi) is 5.49. The summed E-state index contributed by atoms with van der Waals surface area (Å²) >= 11 is 0. The van der Waals surface area contributed by atoms with Crippen LogP contribution in [0.15, 0.2) is 34.9 Å². The molecule has 9 heteroatoms. The number of piperazine rings is 1. The number of carboxylic acid groups (broad SMARTS) is 1. The Morgan fingerprint density at radius 1 is 1.15 bits per heavy atom. The second-order valence-corrected chi connectivity index (χ2v) is 8.81. The number of aromatic nitrogens is 3. The van der Waals surface area contributed by atoms with Crippen molar-refractivity contribution in [1.29, 1.82) is 0 Å². The van der Waals surface area contributed by atoms with Gasteiger partial charge < -0.3 is 25.2 Å². The predicted molar refractivity (Wildman–Crippen MR) is 125 cm³/mol. The van der Waals surface area contributed by atoms with E-state index in [1.54, 1.807) is 0 Å². The molecule has 0 radical (unpaired) electrons. The lowest BCUT2D eigenvalue weighted by Crippen LogP contribution is -2.44. The van der Waals surface area contributed by atoms with E-state index in [0.717, 1.165) is 66.6 Å². The Hall–Kier alpha value is -3.46. The van der Waals surface area contributed by atoms with E-state index in [1.807, 2.05) is 44.2 Å². The van der Waals surface area contributed by atoms with E-state index in [0.29, 0.717) is 24.6 Å². The van der Waals surface area contributed by atoms with Gasteiger partial charge >= 0.3 is 5.97 Å². The van der Waals surface area contributed by atoms with Gasteiger partial charge in [0.15, 0.2) is 0 Å². The summed E-state index contributed by atoms with van der Waals surface area (Å²) in [5.74, 6) is 1.29. The number of anilines is 3. The zero-order chi connectivity index (χ0) is 23.0. The minimum atomic E-state index is -0.745. The molecule has 3 aromatic rings. The third-order valence-corrected chi connectivity index (χ3v) is 6.75. The lowest BCUT2D eigenvalue weighted by Gasteiger charge is -2.38. The number of hydrogen-bond donors (Lipinski definition) is 3. The number of nitrogens with one attached hydrogen (secondary N) is 2. The minimum absolute atomic E-state index is 0.477. The van der Waals surface area contributed by atoms with Crippen molar-refractivity contribution in [3.05, 3.63) is 47.3 Å². The Balaban J connectivity index is 1.47. The van der Waals surface area contributed by atoms with Crippen LogP contribution in [0, 0.1) is 13.8 Å². The van der Waals surface area contributed by atoms with Crippen molar-refractivity contribution in [2.24, 2.45) is 0 Å². The molecule has 2 aliphatic rings. The fourth-order valence-corrected chi connectivity index (χ4v) is 4.68. The molecule has 0 amide bonds. The second-order valence-electron chi connectivity index (χ2n) is 8.81. The highest BCUT2D eigenvalue weighted by Crippen LogP contribution is 2.44. The molecular weight excluding hydrogens is 420 g/mol. The second kappa shape index (κ2) is 8.47. The molecule has 0 atom stereocenters. The van der Waals surface area contributed by atoms with Crippen LogP contribution in [-0.4, -0.2) is 52.4 Å². The Bertz CT molecular complexity index is 1140. The molecule has 1 aliphatic carbocycles. The van der Waals surface area contributed by atoms with Crippen molar-refractivity contribution in [2.75, 3.05) is 36.4 Å². The number of carbonyl (C=O) groups is 1. The first-order chi connectivity index (χ1) is 16.0. The van der Waals surface area contributed by atoms with Crippen LogP contribution in [0.2, 0.25) is 0 Å². The summed E-state index contributed by atoms with van der Waals surface area (Å²) in [5.41, 5.74) is 3.33. The SMILES string of the molecule is Cc1noc(C)c1-c1cc(N2CCNCC2)nc(Nc2ccc(C3(C(=O)O)CCC3)cc2)n1. The topological polar surface area (TPSA) is 116 Å². The van der Waals surface area contributed by atoms with Gasteiger partial charge in [0.05, 0.1) is 22.4 Å². The molecule has 172 valence electrons. The molecule has 1 aliphatic heterocycles. The van der Waals surface area contributed by atoms with Crippen LogP contribution in [0.4, 0.5) is 17.5 Å². The molecule has 3 N–H and O–H groups in total. The zero-order valence-corrected chi connectivity index (χ0v) is 18.9. The highest BCUT2D eigenvalue weighted by Gasteiger charge is 2.45. The molecule has 0 spiro atoms. The molecule has 9 nitrogen and oxygen atoms in total. The standard InChI is InChI=1S/C24H28N6O3/c1-15-21(16(2)33-29-15)19-14-20(30-12-10-25-11-13-30)28-23(27-19)26-18-6-4-17(5-7-18)24(22(31)32)8-3-9-24/h4-7,14,25H,3,8-13H2,1-2H3,(H,31,32)(H,26,27,28). The number of rotatable bonds is 6. The summed E-state index contributed by atoms with van der Waals surface area (Å²) in [7, 11) is 0. The van der Waals surface area contributed by atoms with Crippen molar-refractivity contribution in [3.8, 4) is 11.3 Å². The molecule has 1 aromatic carbocycles. The van der Waals surface area contributed by atoms with Gasteiger partial charge in [0.1, 0.15) is 11.6 Å². The van der Waals surface area contributed by atoms with Crippen molar-refractivity contribution < 1.29 is 14.4 Å². The summed E-state index contributed by atoms with van der Waals surface area (Å²) < 4.78 is 5.37. The first-order valence-corrected chi connectivity index (χ1v) is 11.4. The van der Waals surface area contributed by atoms with E-state index in [1.165, 1.54) is 0 Å². The smallest absolute Gasteiger partial charge is 0.314 e. The van der Waals surface area contributed by atoms with Crippen LogP contribution in [0.25, 0.3) is 11.3 Å². The molecule has 1 saturated carbocycles. The molecule has 0 bridgehead atoms. The maximum atomic E-state index is 11.8. The maximum absolute atomic E-state index is 11.8. The van der Waals surface area contributed by atoms with Crippen LogP contribution in [0.1, 0.15) is 36.3 Å². The van der Waals surface area contributed by atoms with Gasteiger partial charge in [0.2, 0.25) is 5.95 Å². The van der Waals surface area contributed by atoms with Crippen LogP contribution >= 0.6 is 0 Å². The maximum Gasteiger partial charge on any atom is 0.314 e. The molecule has 33 heavy (non-hydrogen) atoms. The number of benzene rings is 1. The van der Waals surface area contributed by atoms with E-state index in [4.69, 9.17) is 14.5 Å². The van der Waals surface area contributed by atoms with Crippen molar-refractivity contribution >= 4 is 23.4 Å². The molecule has 3 heterocycles. The molecular formula is C24H28N6O3. The third-order valence-electron chi connectivity index (χ3n) is 6.75. The van der Waals surface area contributed by atoms with Gasteiger partial charge in [-0.1, -0.05) is 23.7 Å². The van der Waals surface area contributed by atoms with Crippen molar-refractivity contribution in [2.45, 2.75) is 38.5 Å². The number of nitrogens with zero attached hydrogens (tertiary/aromatic N) is 4. The summed E-state index contributed by atoms with van der Waals surface area (Å²) in [4.78, 5) is 23.6. The summed E-state index contributed by atoms with van der Waals surface area (Å²) in [6.45, 7) is 7.32. The first-order valence-electron chi connectivity index (χ1n) is 11.4. The Morgan fingerprint density at radius 2 is 1.88 bits per heavy atom. The fourth-order valence-electron chi connectivity index (χ4n) is 4.68. The van der Waals surface area contributed by atoms with Gasteiger partial charge in [-0.25, -0.2) is 4.98 Å². The van der Waals surface area contributed by atoms with Gasteiger partial charge in [-0.15, -0.1) is 0 Å². The monoisotopic (exact) mass is 448 g/mol. The van der Waals surface area contributed by atoms with Crippen molar-refractivity contribution in [3.63, 3.8) is 0 Å². The molecule has 1 saturated heterocycles. The molecule has 2 aromatic heterocycles. The fraction of sp³-hybridized carbons (Fsp3) is 0.417. The van der Waals surface area contributed by atoms with E-state index in [9.17, 15) is 9.90 Å². The summed E-state index contributed by atoms with van der Waals surface area (Å²) in [6, 6.07) is 9.57. The normalized spacial score (nSPS) is 17.5.